The van der Waals surface area contributed by atoms with Gasteiger partial charge in [-0.1, -0.05) is 24.3 Å². The summed E-state index contributed by atoms with van der Waals surface area (Å²) in [5.74, 6) is -0.288. The number of rotatable bonds is 6. The van der Waals surface area contributed by atoms with Gasteiger partial charge in [-0.25, -0.2) is 9.18 Å². The normalized spacial score (nSPS) is 21.6. The highest BCUT2D eigenvalue weighted by molar-refractivity contribution is 5.89. The van der Waals surface area contributed by atoms with Gasteiger partial charge in [-0.05, 0) is 54.7 Å². The maximum atomic E-state index is 13.2. The zero-order valence-corrected chi connectivity index (χ0v) is 17.6. The van der Waals surface area contributed by atoms with E-state index in [9.17, 15) is 9.18 Å². The summed E-state index contributed by atoms with van der Waals surface area (Å²) in [5.41, 5.74) is 2.59. The standard InChI is InChI=1S/C24H29FN2O4/c25-20-9-7-19(8-10-20)23-15-27(11-13-31-23)24(28)26-21-5-3-4-18(14-21)16-29-17-22-6-1-2-12-30-22/h3-5,7-10,14,22-23H,1-2,6,11-13,15-17H2,(H,26,28). The second-order valence-corrected chi connectivity index (χ2v) is 7.99. The zero-order chi connectivity index (χ0) is 21.5. The number of urea groups is 1. The molecule has 2 unspecified atom stereocenters. The Morgan fingerprint density at radius 3 is 2.81 bits per heavy atom. The van der Waals surface area contributed by atoms with Crippen LogP contribution in [0, 0.1) is 5.82 Å². The maximum absolute atomic E-state index is 13.2. The molecule has 0 bridgehead atoms. The number of morpholine rings is 1. The summed E-state index contributed by atoms with van der Waals surface area (Å²) >= 11 is 0. The summed E-state index contributed by atoms with van der Waals surface area (Å²) in [5, 5.41) is 2.96. The molecule has 2 heterocycles. The maximum Gasteiger partial charge on any atom is 0.322 e. The van der Waals surface area contributed by atoms with Crippen LogP contribution in [-0.2, 0) is 20.8 Å². The molecular formula is C24H29FN2O4. The Labute approximate surface area is 182 Å². The number of carbonyl (C=O) groups is 1. The van der Waals surface area contributed by atoms with Crippen molar-refractivity contribution in [3.05, 3.63) is 65.5 Å². The number of nitrogens with zero attached hydrogens (tertiary/aromatic N) is 1. The lowest BCUT2D eigenvalue weighted by molar-refractivity contribution is -0.0447. The van der Waals surface area contributed by atoms with Crippen LogP contribution in [0.5, 0.6) is 0 Å². The first-order valence-electron chi connectivity index (χ1n) is 10.9. The molecule has 2 aliphatic rings. The molecule has 0 aromatic heterocycles. The van der Waals surface area contributed by atoms with Gasteiger partial charge in [0, 0.05) is 18.8 Å². The van der Waals surface area contributed by atoms with E-state index in [1.54, 1.807) is 17.0 Å². The van der Waals surface area contributed by atoms with Crippen LogP contribution in [0.15, 0.2) is 48.5 Å². The minimum absolute atomic E-state index is 0.177. The van der Waals surface area contributed by atoms with Crippen molar-refractivity contribution >= 4 is 11.7 Å². The van der Waals surface area contributed by atoms with Crippen LogP contribution in [0.3, 0.4) is 0 Å². The molecule has 7 heteroatoms. The Kier molecular flexibility index (Phi) is 7.51. The molecule has 2 saturated heterocycles. The van der Waals surface area contributed by atoms with Crippen LogP contribution in [0.2, 0.25) is 0 Å². The molecule has 0 radical (unpaired) electrons. The largest absolute Gasteiger partial charge is 0.376 e. The highest BCUT2D eigenvalue weighted by atomic mass is 19.1. The second kappa shape index (κ2) is 10.7. The fourth-order valence-electron chi connectivity index (χ4n) is 3.90. The van der Waals surface area contributed by atoms with Gasteiger partial charge in [-0.2, -0.15) is 0 Å². The predicted molar refractivity (Wildman–Crippen MR) is 115 cm³/mol. The molecule has 2 amide bonds. The van der Waals surface area contributed by atoms with Crippen molar-refractivity contribution in [2.24, 2.45) is 0 Å². The first kappa shape index (κ1) is 21.7. The lowest BCUT2D eigenvalue weighted by Crippen LogP contribution is -2.44. The third-order valence-corrected chi connectivity index (χ3v) is 5.62. The lowest BCUT2D eigenvalue weighted by Gasteiger charge is -2.33. The number of amides is 2. The molecule has 2 fully saturated rings. The van der Waals surface area contributed by atoms with Crippen molar-refractivity contribution in [2.45, 2.75) is 38.1 Å². The second-order valence-electron chi connectivity index (χ2n) is 7.99. The molecule has 2 aromatic rings. The number of halogens is 1. The smallest absolute Gasteiger partial charge is 0.322 e. The summed E-state index contributed by atoms with van der Waals surface area (Å²) in [4.78, 5) is 14.5. The SMILES string of the molecule is O=C(Nc1cccc(COCC2CCCCO2)c1)N1CCOC(c2ccc(F)cc2)C1. The van der Waals surface area contributed by atoms with Gasteiger partial charge in [0.2, 0.25) is 0 Å². The van der Waals surface area contributed by atoms with Crippen LogP contribution in [0.4, 0.5) is 14.9 Å². The summed E-state index contributed by atoms with van der Waals surface area (Å²) in [6.45, 7) is 3.25. The molecule has 2 aromatic carbocycles. The van der Waals surface area contributed by atoms with E-state index in [4.69, 9.17) is 14.2 Å². The van der Waals surface area contributed by atoms with Crippen LogP contribution in [0.1, 0.15) is 36.5 Å². The molecule has 31 heavy (non-hydrogen) atoms. The molecule has 6 nitrogen and oxygen atoms in total. The van der Waals surface area contributed by atoms with Crippen molar-refractivity contribution < 1.29 is 23.4 Å². The average Bonchev–Trinajstić information content (AvgIpc) is 2.81. The molecule has 0 aliphatic carbocycles. The van der Waals surface area contributed by atoms with E-state index >= 15 is 0 Å². The first-order chi connectivity index (χ1) is 15.2. The highest BCUT2D eigenvalue weighted by Crippen LogP contribution is 2.23. The van der Waals surface area contributed by atoms with Gasteiger partial charge in [0.25, 0.3) is 0 Å². The van der Waals surface area contributed by atoms with Crippen molar-refractivity contribution in [3.8, 4) is 0 Å². The minimum atomic E-state index is -0.288. The summed E-state index contributed by atoms with van der Waals surface area (Å²) in [6.07, 6.45) is 3.30. The molecule has 0 spiro atoms. The van der Waals surface area contributed by atoms with Gasteiger partial charge in [0.05, 0.1) is 32.5 Å². The number of benzene rings is 2. The Morgan fingerprint density at radius 1 is 1.13 bits per heavy atom. The fraction of sp³-hybridized carbons (Fsp3) is 0.458. The number of hydrogen-bond acceptors (Lipinski definition) is 4. The van der Waals surface area contributed by atoms with Crippen LogP contribution < -0.4 is 5.32 Å². The predicted octanol–water partition coefficient (Wildman–Crippen LogP) is 4.52. The lowest BCUT2D eigenvalue weighted by atomic mass is 10.1. The van der Waals surface area contributed by atoms with Crippen LogP contribution in [-0.4, -0.2) is 49.9 Å². The molecule has 1 N–H and O–H groups in total. The summed E-state index contributed by atoms with van der Waals surface area (Å²) < 4.78 is 30.5. The van der Waals surface area contributed by atoms with E-state index in [1.807, 2.05) is 24.3 Å². The van der Waals surface area contributed by atoms with E-state index in [0.717, 1.165) is 36.3 Å². The molecule has 166 valence electrons. The van der Waals surface area contributed by atoms with Crippen molar-refractivity contribution in [1.29, 1.82) is 0 Å². The van der Waals surface area contributed by atoms with Gasteiger partial charge in [-0.15, -0.1) is 0 Å². The van der Waals surface area contributed by atoms with E-state index in [2.05, 4.69) is 5.32 Å². The van der Waals surface area contributed by atoms with E-state index in [-0.39, 0.29) is 24.1 Å². The van der Waals surface area contributed by atoms with Gasteiger partial charge in [0.1, 0.15) is 11.9 Å². The monoisotopic (exact) mass is 428 g/mol. The summed E-state index contributed by atoms with van der Waals surface area (Å²) in [6, 6.07) is 13.7. The van der Waals surface area contributed by atoms with E-state index in [1.165, 1.54) is 18.6 Å². The average molecular weight is 429 g/mol. The van der Waals surface area contributed by atoms with E-state index in [0.29, 0.717) is 32.9 Å². The van der Waals surface area contributed by atoms with Crippen molar-refractivity contribution in [3.63, 3.8) is 0 Å². The molecular weight excluding hydrogens is 399 g/mol. The van der Waals surface area contributed by atoms with Gasteiger partial charge >= 0.3 is 6.03 Å². The quantitative estimate of drug-likeness (QED) is 0.735. The Hall–Kier alpha value is -2.48. The van der Waals surface area contributed by atoms with E-state index < -0.39 is 0 Å². The molecule has 0 saturated carbocycles. The van der Waals surface area contributed by atoms with Crippen LogP contribution >= 0.6 is 0 Å². The number of anilines is 1. The van der Waals surface area contributed by atoms with Gasteiger partial charge < -0.3 is 24.4 Å². The Bertz CT molecular complexity index is 855. The fourth-order valence-corrected chi connectivity index (χ4v) is 3.90. The Balaban J connectivity index is 1.28. The van der Waals surface area contributed by atoms with Crippen LogP contribution in [0.25, 0.3) is 0 Å². The number of carbonyl (C=O) groups excluding carboxylic acids is 1. The van der Waals surface area contributed by atoms with Gasteiger partial charge in [-0.3, -0.25) is 0 Å². The Morgan fingerprint density at radius 2 is 2.00 bits per heavy atom. The summed E-state index contributed by atoms with van der Waals surface area (Å²) in [7, 11) is 0. The zero-order valence-electron chi connectivity index (χ0n) is 17.6. The molecule has 2 atom stereocenters. The third kappa shape index (κ3) is 6.26. The number of hydrogen-bond donors (Lipinski definition) is 1. The molecule has 4 rings (SSSR count). The van der Waals surface area contributed by atoms with Gasteiger partial charge in [0.15, 0.2) is 0 Å². The van der Waals surface area contributed by atoms with Crippen molar-refractivity contribution in [1.82, 2.24) is 4.90 Å². The van der Waals surface area contributed by atoms with Crippen molar-refractivity contribution in [2.75, 3.05) is 38.2 Å². The highest BCUT2D eigenvalue weighted by Gasteiger charge is 2.25. The minimum Gasteiger partial charge on any atom is -0.376 e. The topological polar surface area (TPSA) is 60.0 Å². The number of ether oxygens (including phenoxy) is 3. The molecule has 2 aliphatic heterocycles. The third-order valence-electron chi connectivity index (χ3n) is 5.62. The number of nitrogens with one attached hydrogen (secondary N) is 1. The first-order valence-corrected chi connectivity index (χ1v) is 10.9.